The number of hydrogen-bond acceptors (Lipinski definition) is 5. The first-order valence-electron chi connectivity index (χ1n) is 4.06. The van der Waals surface area contributed by atoms with Crippen molar-refractivity contribution in [2.24, 2.45) is 0 Å². The van der Waals surface area contributed by atoms with E-state index in [2.05, 4.69) is 5.10 Å². The van der Waals surface area contributed by atoms with E-state index in [9.17, 15) is 4.79 Å². The van der Waals surface area contributed by atoms with Crippen LogP contribution in [0, 0.1) is 11.3 Å². The second kappa shape index (κ2) is 4.28. The molecule has 0 saturated heterocycles. The highest BCUT2D eigenvalue weighted by molar-refractivity contribution is 5.69. The highest BCUT2D eigenvalue weighted by Gasteiger charge is 2.08. The highest BCUT2D eigenvalue weighted by atomic mass is 16.5. The number of esters is 1. The molecule has 14 heavy (non-hydrogen) atoms. The van der Waals surface area contributed by atoms with Crippen LogP contribution in [0.2, 0.25) is 0 Å². The van der Waals surface area contributed by atoms with Gasteiger partial charge in [-0.15, -0.1) is 0 Å². The van der Waals surface area contributed by atoms with E-state index < -0.39 is 5.97 Å². The van der Waals surface area contributed by atoms with Gasteiger partial charge >= 0.3 is 5.97 Å². The van der Waals surface area contributed by atoms with Gasteiger partial charge in [0.2, 0.25) is 0 Å². The number of anilines is 1. The summed E-state index contributed by atoms with van der Waals surface area (Å²) in [4.78, 5) is 11.0. The van der Waals surface area contributed by atoms with Crippen molar-refractivity contribution in [3.63, 3.8) is 0 Å². The van der Waals surface area contributed by atoms with Crippen LogP contribution < -0.4 is 5.73 Å². The lowest BCUT2D eigenvalue weighted by Gasteiger charge is -2.00. The minimum Gasteiger partial charge on any atom is -0.465 e. The molecule has 0 bridgehead atoms. The van der Waals surface area contributed by atoms with Crippen molar-refractivity contribution in [3.8, 4) is 6.07 Å². The molecule has 74 valence electrons. The smallest absolute Gasteiger partial charge is 0.327 e. The molecule has 0 unspecified atom stereocenters. The number of nitrogens with two attached hydrogens (primary N) is 1. The van der Waals surface area contributed by atoms with Crippen LogP contribution in [-0.4, -0.2) is 22.4 Å². The van der Waals surface area contributed by atoms with Crippen LogP contribution in [0.4, 0.5) is 5.82 Å². The number of carbonyl (C=O) groups is 1. The molecule has 0 aliphatic rings. The molecule has 1 heterocycles. The summed E-state index contributed by atoms with van der Waals surface area (Å²) in [5.74, 6) is -0.281. The molecule has 0 radical (unpaired) electrons. The van der Waals surface area contributed by atoms with Crippen LogP contribution in [-0.2, 0) is 16.1 Å². The second-order valence-electron chi connectivity index (χ2n) is 2.54. The van der Waals surface area contributed by atoms with E-state index in [4.69, 9.17) is 15.7 Å². The Morgan fingerprint density at radius 1 is 1.86 bits per heavy atom. The molecule has 0 fully saturated rings. The van der Waals surface area contributed by atoms with Gasteiger partial charge in [0, 0.05) is 6.20 Å². The first-order valence-corrected chi connectivity index (χ1v) is 4.06. The molecule has 1 aromatic rings. The van der Waals surface area contributed by atoms with Gasteiger partial charge in [-0.3, -0.25) is 9.48 Å². The Labute approximate surface area is 80.9 Å². The van der Waals surface area contributed by atoms with E-state index in [-0.39, 0.29) is 17.9 Å². The SMILES string of the molecule is CCOC(=O)Cn1cc(C#N)c(N)n1. The number of rotatable bonds is 3. The first kappa shape index (κ1) is 10.1. The van der Waals surface area contributed by atoms with Crippen LogP contribution in [0.15, 0.2) is 6.20 Å². The highest BCUT2D eigenvalue weighted by Crippen LogP contribution is 2.06. The van der Waals surface area contributed by atoms with Gasteiger partial charge in [-0.25, -0.2) is 0 Å². The molecule has 6 heteroatoms. The average molecular weight is 194 g/mol. The topological polar surface area (TPSA) is 93.9 Å². The largest absolute Gasteiger partial charge is 0.465 e. The van der Waals surface area contributed by atoms with Gasteiger partial charge in [0.1, 0.15) is 18.2 Å². The number of nitrogens with zero attached hydrogens (tertiary/aromatic N) is 3. The third-order valence-electron chi connectivity index (χ3n) is 1.51. The summed E-state index contributed by atoms with van der Waals surface area (Å²) < 4.78 is 5.99. The summed E-state index contributed by atoms with van der Waals surface area (Å²) in [5, 5.41) is 12.3. The fourth-order valence-electron chi connectivity index (χ4n) is 0.942. The molecular formula is C8H10N4O2. The van der Waals surface area contributed by atoms with Crippen molar-refractivity contribution in [2.75, 3.05) is 12.3 Å². The molecule has 1 aromatic heterocycles. The molecule has 0 amide bonds. The van der Waals surface area contributed by atoms with Crippen LogP contribution in [0.25, 0.3) is 0 Å². The van der Waals surface area contributed by atoms with E-state index in [1.807, 2.05) is 6.07 Å². The Morgan fingerprint density at radius 3 is 3.07 bits per heavy atom. The van der Waals surface area contributed by atoms with Crippen molar-refractivity contribution in [1.29, 1.82) is 5.26 Å². The monoisotopic (exact) mass is 194 g/mol. The van der Waals surface area contributed by atoms with Gasteiger partial charge in [-0.1, -0.05) is 0 Å². The quantitative estimate of drug-likeness (QED) is 0.678. The zero-order valence-electron chi connectivity index (χ0n) is 7.73. The van der Waals surface area contributed by atoms with Crippen molar-refractivity contribution >= 4 is 11.8 Å². The van der Waals surface area contributed by atoms with Crippen LogP contribution in [0.5, 0.6) is 0 Å². The maximum Gasteiger partial charge on any atom is 0.327 e. The summed E-state index contributed by atoms with van der Waals surface area (Å²) in [6.07, 6.45) is 1.41. The maximum absolute atomic E-state index is 11.0. The molecular weight excluding hydrogens is 184 g/mol. The summed E-state index contributed by atoms with van der Waals surface area (Å²) in [6.45, 7) is 2.01. The number of aromatic nitrogens is 2. The van der Waals surface area contributed by atoms with Crippen LogP contribution in [0.1, 0.15) is 12.5 Å². The van der Waals surface area contributed by atoms with Crippen molar-refractivity contribution in [2.45, 2.75) is 13.5 Å². The average Bonchev–Trinajstić information content (AvgIpc) is 2.46. The fourth-order valence-corrected chi connectivity index (χ4v) is 0.942. The van der Waals surface area contributed by atoms with Gasteiger partial charge in [0.15, 0.2) is 5.82 Å². The van der Waals surface area contributed by atoms with Gasteiger partial charge in [-0.05, 0) is 6.92 Å². The number of carbonyl (C=O) groups excluding carboxylic acids is 1. The molecule has 6 nitrogen and oxygen atoms in total. The summed E-state index contributed by atoms with van der Waals surface area (Å²) >= 11 is 0. The lowest BCUT2D eigenvalue weighted by atomic mass is 10.4. The minimum atomic E-state index is -0.403. The molecule has 0 aliphatic heterocycles. The standard InChI is InChI=1S/C8H10N4O2/c1-2-14-7(13)5-12-4-6(3-9)8(10)11-12/h4H,2,5H2,1H3,(H2,10,11). The lowest BCUT2D eigenvalue weighted by Crippen LogP contribution is -2.13. The Bertz CT molecular complexity index is 377. The van der Waals surface area contributed by atoms with Gasteiger partial charge < -0.3 is 10.5 Å². The molecule has 1 rings (SSSR count). The molecule has 0 atom stereocenters. The van der Waals surface area contributed by atoms with E-state index in [0.717, 1.165) is 0 Å². The Kier molecular flexibility index (Phi) is 3.07. The molecule has 2 N–H and O–H groups in total. The Morgan fingerprint density at radius 2 is 2.57 bits per heavy atom. The van der Waals surface area contributed by atoms with Crippen molar-refractivity contribution in [1.82, 2.24) is 9.78 Å². The minimum absolute atomic E-state index is 0.0281. The van der Waals surface area contributed by atoms with Gasteiger partial charge in [0.05, 0.1) is 6.61 Å². The molecule has 0 aromatic carbocycles. The summed E-state index contributed by atoms with van der Waals surface area (Å²) in [6, 6.07) is 1.86. The predicted octanol–water partition coefficient (Wildman–Crippen LogP) is -0.0999. The number of nitriles is 1. The van der Waals surface area contributed by atoms with Crippen LogP contribution in [0.3, 0.4) is 0 Å². The Balaban J connectivity index is 2.69. The number of hydrogen-bond donors (Lipinski definition) is 1. The zero-order chi connectivity index (χ0) is 10.6. The van der Waals surface area contributed by atoms with E-state index in [0.29, 0.717) is 6.61 Å². The fraction of sp³-hybridized carbons (Fsp3) is 0.375. The number of nitrogen functional groups attached to an aromatic ring is 1. The Hall–Kier alpha value is -2.03. The molecule has 0 saturated carbocycles. The van der Waals surface area contributed by atoms with Crippen molar-refractivity contribution < 1.29 is 9.53 Å². The lowest BCUT2D eigenvalue weighted by molar-refractivity contribution is -0.144. The third-order valence-corrected chi connectivity index (χ3v) is 1.51. The predicted molar refractivity (Wildman–Crippen MR) is 48.0 cm³/mol. The third kappa shape index (κ3) is 2.23. The summed E-state index contributed by atoms with van der Waals surface area (Å²) in [5.41, 5.74) is 5.65. The summed E-state index contributed by atoms with van der Waals surface area (Å²) in [7, 11) is 0. The van der Waals surface area contributed by atoms with E-state index in [1.165, 1.54) is 10.9 Å². The van der Waals surface area contributed by atoms with Gasteiger partial charge in [-0.2, -0.15) is 10.4 Å². The van der Waals surface area contributed by atoms with E-state index >= 15 is 0 Å². The van der Waals surface area contributed by atoms with E-state index in [1.54, 1.807) is 6.92 Å². The van der Waals surface area contributed by atoms with Gasteiger partial charge in [0.25, 0.3) is 0 Å². The molecule has 0 spiro atoms. The van der Waals surface area contributed by atoms with Crippen LogP contribution >= 0.6 is 0 Å². The zero-order valence-corrected chi connectivity index (χ0v) is 7.73. The number of ether oxygens (including phenoxy) is 1. The first-order chi connectivity index (χ1) is 6.67. The van der Waals surface area contributed by atoms with Crippen molar-refractivity contribution in [3.05, 3.63) is 11.8 Å². The maximum atomic E-state index is 11.0. The molecule has 0 aliphatic carbocycles. The second-order valence-corrected chi connectivity index (χ2v) is 2.54. The normalized spacial score (nSPS) is 9.43.